The zero-order valence-electron chi connectivity index (χ0n) is 12.3. The van der Waals surface area contributed by atoms with Crippen molar-refractivity contribution in [2.45, 2.75) is 6.92 Å². The highest BCUT2D eigenvalue weighted by Gasteiger charge is 2.04. The van der Waals surface area contributed by atoms with E-state index in [-0.39, 0.29) is 0 Å². The largest absolute Gasteiger partial charge is 0.497 e. The van der Waals surface area contributed by atoms with Gasteiger partial charge in [0.1, 0.15) is 11.5 Å². The summed E-state index contributed by atoms with van der Waals surface area (Å²) in [5.74, 6) is 1.41. The standard InChI is InChI=1S/C16H18N2O2S/c1-11-4-6-12(7-5-11)17-16(21)18-13-8-14(19-2)10-15(9-13)20-3/h4-10H,1-3H3,(H2,17,18,21). The van der Waals surface area contributed by atoms with Gasteiger partial charge in [0, 0.05) is 29.6 Å². The number of ether oxygens (including phenoxy) is 2. The average molecular weight is 302 g/mol. The van der Waals surface area contributed by atoms with E-state index in [4.69, 9.17) is 21.7 Å². The summed E-state index contributed by atoms with van der Waals surface area (Å²) in [5.41, 5.74) is 2.95. The van der Waals surface area contributed by atoms with Crippen LogP contribution in [0.25, 0.3) is 0 Å². The molecule has 110 valence electrons. The van der Waals surface area contributed by atoms with Gasteiger partial charge in [0.05, 0.1) is 14.2 Å². The summed E-state index contributed by atoms with van der Waals surface area (Å²) < 4.78 is 10.5. The summed E-state index contributed by atoms with van der Waals surface area (Å²) in [5, 5.41) is 6.75. The van der Waals surface area contributed by atoms with E-state index in [1.165, 1.54) is 5.56 Å². The van der Waals surface area contributed by atoms with Crippen LogP contribution in [0, 0.1) is 6.92 Å². The quantitative estimate of drug-likeness (QED) is 0.840. The predicted molar refractivity (Wildman–Crippen MR) is 90.6 cm³/mol. The Morgan fingerprint density at radius 1 is 0.857 bits per heavy atom. The molecule has 0 aliphatic heterocycles. The second kappa shape index (κ2) is 6.95. The van der Waals surface area contributed by atoms with E-state index >= 15 is 0 Å². The molecule has 0 saturated carbocycles. The summed E-state index contributed by atoms with van der Waals surface area (Å²) >= 11 is 5.31. The topological polar surface area (TPSA) is 42.5 Å². The van der Waals surface area contributed by atoms with Crippen LogP contribution in [-0.2, 0) is 0 Å². The van der Waals surface area contributed by atoms with Gasteiger partial charge in [0.15, 0.2) is 5.11 Å². The van der Waals surface area contributed by atoms with Gasteiger partial charge in [-0.05, 0) is 31.3 Å². The third-order valence-electron chi connectivity index (χ3n) is 2.92. The number of methoxy groups -OCH3 is 2. The van der Waals surface area contributed by atoms with Crippen molar-refractivity contribution >= 4 is 28.7 Å². The van der Waals surface area contributed by atoms with E-state index in [1.807, 2.05) is 49.4 Å². The Hall–Kier alpha value is -2.27. The van der Waals surface area contributed by atoms with E-state index in [0.717, 1.165) is 11.4 Å². The second-order valence-electron chi connectivity index (χ2n) is 4.55. The molecule has 21 heavy (non-hydrogen) atoms. The van der Waals surface area contributed by atoms with Gasteiger partial charge < -0.3 is 20.1 Å². The first-order valence-electron chi connectivity index (χ1n) is 6.48. The minimum atomic E-state index is 0.508. The summed E-state index contributed by atoms with van der Waals surface area (Å²) in [6.07, 6.45) is 0. The van der Waals surface area contributed by atoms with Crippen molar-refractivity contribution in [1.29, 1.82) is 0 Å². The van der Waals surface area contributed by atoms with Crippen molar-refractivity contribution < 1.29 is 9.47 Å². The van der Waals surface area contributed by atoms with Gasteiger partial charge >= 0.3 is 0 Å². The number of aryl methyl sites for hydroxylation is 1. The number of thiocarbonyl (C=S) groups is 1. The number of rotatable bonds is 4. The molecule has 0 amide bonds. The Bertz CT molecular complexity index is 604. The molecule has 0 fully saturated rings. The highest BCUT2D eigenvalue weighted by molar-refractivity contribution is 7.80. The normalized spacial score (nSPS) is 9.86. The lowest BCUT2D eigenvalue weighted by Gasteiger charge is -2.13. The molecule has 0 saturated heterocycles. The molecule has 0 radical (unpaired) electrons. The molecule has 0 aromatic heterocycles. The van der Waals surface area contributed by atoms with Crippen molar-refractivity contribution in [1.82, 2.24) is 0 Å². The summed E-state index contributed by atoms with van der Waals surface area (Å²) in [4.78, 5) is 0. The summed E-state index contributed by atoms with van der Waals surface area (Å²) in [6.45, 7) is 2.04. The Balaban J connectivity index is 2.06. The van der Waals surface area contributed by atoms with Crippen LogP contribution in [0.2, 0.25) is 0 Å². The highest BCUT2D eigenvalue weighted by Crippen LogP contribution is 2.25. The molecule has 0 aliphatic carbocycles. The van der Waals surface area contributed by atoms with E-state index in [2.05, 4.69) is 10.6 Å². The van der Waals surface area contributed by atoms with E-state index in [9.17, 15) is 0 Å². The first-order valence-corrected chi connectivity index (χ1v) is 6.89. The first kappa shape index (κ1) is 15.1. The molecule has 0 aliphatic rings. The van der Waals surface area contributed by atoms with Gasteiger partial charge in [-0.2, -0.15) is 0 Å². The Morgan fingerprint density at radius 3 is 1.90 bits per heavy atom. The molecule has 0 spiro atoms. The highest BCUT2D eigenvalue weighted by atomic mass is 32.1. The third kappa shape index (κ3) is 4.36. The van der Waals surface area contributed by atoms with Gasteiger partial charge in [-0.25, -0.2) is 0 Å². The van der Waals surface area contributed by atoms with Crippen LogP contribution in [-0.4, -0.2) is 19.3 Å². The molecule has 2 aromatic carbocycles. The number of hydrogen-bond acceptors (Lipinski definition) is 3. The van der Waals surface area contributed by atoms with Crippen LogP contribution >= 0.6 is 12.2 Å². The van der Waals surface area contributed by atoms with Crippen molar-refractivity contribution in [3.8, 4) is 11.5 Å². The van der Waals surface area contributed by atoms with Gasteiger partial charge in [0.25, 0.3) is 0 Å². The van der Waals surface area contributed by atoms with Crippen molar-refractivity contribution in [3.05, 3.63) is 48.0 Å². The van der Waals surface area contributed by atoms with E-state index in [0.29, 0.717) is 16.6 Å². The maximum atomic E-state index is 5.31. The second-order valence-corrected chi connectivity index (χ2v) is 4.95. The smallest absolute Gasteiger partial charge is 0.175 e. The van der Waals surface area contributed by atoms with Crippen molar-refractivity contribution in [2.24, 2.45) is 0 Å². The summed E-state index contributed by atoms with van der Waals surface area (Å²) in [6, 6.07) is 13.5. The lowest BCUT2D eigenvalue weighted by molar-refractivity contribution is 0.395. The van der Waals surface area contributed by atoms with Gasteiger partial charge in [-0.3, -0.25) is 0 Å². The number of benzene rings is 2. The molecule has 0 unspecified atom stereocenters. The van der Waals surface area contributed by atoms with Crippen LogP contribution in [0.1, 0.15) is 5.56 Å². The zero-order chi connectivity index (χ0) is 15.2. The number of nitrogens with one attached hydrogen (secondary N) is 2. The Labute approximate surface area is 130 Å². The van der Waals surface area contributed by atoms with Crippen molar-refractivity contribution in [3.63, 3.8) is 0 Å². The van der Waals surface area contributed by atoms with Gasteiger partial charge in [0.2, 0.25) is 0 Å². The number of anilines is 2. The van der Waals surface area contributed by atoms with E-state index in [1.54, 1.807) is 14.2 Å². The molecular formula is C16H18N2O2S. The predicted octanol–water partition coefficient (Wildman–Crippen LogP) is 3.82. The van der Waals surface area contributed by atoms with Crippen LogP contribution in [0.5, 0.6) is 11.5 Å². The van der Waals surface area contributed by atoms with Crippen LogP contribution in [0.15, 0.2) is 42.5 Å². The molecule has 2 rings (SSSR count). The van der Waals surface area contributed by atoms with Crippen LogP contribution in [0.4, 0.5) is 11.4 Å². The fraction of sp³-hybridized carbons (Fsp3) is 0.188. The minimum Gasteiger partial charge on any atom is -0.497 e. The first-order chi connectivity index (χ1) is 10.1. The molecule has 4 nitrogen and oxygen atoms in total. The third-order valence-corrected chi connectivity index (χ3v) is 3.12. The molecule has 2 N–H and O–H groups in total. The Morgan fingerprint density at radius 2 is 1.38 bits per heavy atom. The van der Waals surface area contributed by atoms with Crippen LogP contribution in [0.3, 0.4) is 0 Å². The molecule has 2 aromatic rings. The lowest BCUT2D eigenvalue weighted by Crippen LogP contribution is -2.19. The minimum absolute atomic E-state index is 0.508. The van der Waals surface area contributed by atoms with Gasteiger partial charge in [-0.1, -0.05) is 17.7 Å². The summed E-state index contributed by atoms with van der Waals surface area (Å²) in [7, 11) is 3.23. The molecule has 0 atom stereocenters. The van der Waals surface area contributed by atoms with Crippen molar-refractivity contribution in [2.75, 3.05) is 24.9 Å². The van der Waals surface area contributed by atoms with Crippen LogP contribution < -0.4 is 20.1 Å². The van der Waals surface area contributed by atoms with E-state index < -0.39 is 0 Å². The molecule has 0 heterocycles. The SMILES string of the molecule is COc1cc(NC(=S)Nc2ccc(C)cc2)cc(OC)c1. The Kier molecular flexibility index (Phi) is 5.00. The fourth-order valence-electron chi connectivity index (χ4n) is 1.81. The number of hydrogen-bond donors (Lipinski definition) is 2. The maximum absolute atomic E-state index is 5.31. The lowest BCUT2D eigenvalue weighted by atomic mass is 10.2. The maximum Gasteiger partial charge on any atom is 0.175 e. The zero-order valence-corrected chi connectivity index (χ0v) is 13.1. The fourth-order valence-corrected chi connectivity index (χ4v) is 2.05. The average Bonchev–Trinajstić information content (AvgIpc) is 2.49. The molecule has 0 bridgehead atoms. The molecular weight excluding hydrogens is 284 g/mol. The van der Waals surface area contributed by atoms with Gasteiger partial charge in [-0.15, -0.1) is 0 Å². The molecule has 5 heteroatoms. The monoisotopic (exact) mass is 302 g/mol.